The van der Waals surface area contributed by atoms with Crippen molar-refractivity contribution in [3.05, 3.63) is 43.8 Å². The van der Waals surface area contributed by atoms with E-state index in [9.17, 15) is 0 Å². The van der Waals surface area contributed by atoms with Crippen molar-refractivity contribution < 1.29 is 4.42 Å². The molecule has 1 aliphatic rings. The molecule has 0 amide bonds. The summed E-state index contributed by atoms with van der Waals surface area (Å²) in [6.45, 7) is 0.745. The monoisotopic (exact) mass is 382 g/mol. The molecular formula is C15H12BrClN2OS. The average molecular weight is 384 g/mol. The molecule has 3 aromatic rings. The molecule has 0 atom stereocenters. The van der Waals surface area contributed by atoms with Crippen LogP contribution in [-0.2, 0) is 6.54 Å². The SMILES string of the molecule is Clc1sc(CNc2ccc3oc(C4CC4)nc3c2)cc1Br. The van der Waals surface area contributed by atoms with Crippen molar-refractivity contribution in [3.63, 3.8) is 0 Å². The maximum Gasteiger partial charge on any atom is 0.198 e. The number of rotatable bonds is 4. The molecule has 2 heterocycles. The van der Waals surface area contributed by atoms with Crippen molar-refractivity contribution in [2.75, 3.05) is 5.32 Å². The summed E-state index contributed by atoms with van der Waals surface area (Å²) < 4.78 is 7.50. The van der Waals surface area contributed by atoms with Crippen LogP contribution >= 0.6 is 38.9 Å². The molecule has 1 aliphatic carbocycles. The second kappa shape index (κ2) is 5.30. The Hall–Kier alpha value is -1.04. The number of nitrogens with one attached hydrogen (secondary N) is 1. The van der Waals surface area contributed by atoms with E-state index in [2.05, 4.69) is 26.2 Å². The predicted molar refractivity (Wildman–Crippen MR) is 90.3 cm³/mol. The summed E-state index contributed by atoms with van der Waals surface area (Å²) >= 11 is 11.0. The zero-order chi connectivity index (χ0) is 14.4. The van der Waals surface area contributed by atoms with E-state index in [-0.39, 0.29) is 0 Å². The van der Waals surface area contributed by atoms with Crippen molar-refractivity contribution in [2.24, 2.45) is 0 Å². The summed E-state index contributed by atoms with van der Waals surface area (Å²) in [5.74, 6) is 1.43. The van der Waals surface area contributed by atoms with Gasteiger partial charge in [-0.15, -0.1) is 11.3 Å². The first kappa shape index (κ1) is 13.6. The zero-order valence-electron chi connectivity index (χ0n) is 11.0. The highest BCUT2D eigenvalue weighted by Gasteiger charge is 2.28. The lowest BCUT2D eigenvalue weighted by atomic mass is 10.3. The summed E-state index contributed by atoms with van der Waals surface area (Å²) in [6.07, 6.45) is 2.40. The number of benzene rings is 1. The summed E-state index contributed by atoms with van der Waals surface area (Å²) in [6, 6.07) is 8.08. The van der Waals surface area contributed by atoms with Gasteiger partial charge in [0.25, 0.3) is 0 Å². The molecule has 0 aliphatic heterocycles. The predicted octanol–water partition coefficient (Wildman–Crippen LogP) is 5.79. The van der Waals surface area contributed by atoms with Gasteiger partial charge >= 0.3 is 0 Å². The van der Waals surface area contributed by atoms with Crippen molar-refractivity contribution >= 4 is 55.7 Å². The van der Waals surface area contributed by atoms with Gasteiger partial charge in [0.05, 0.1) is 0 Å². The molecule has 0 saturated heterocycles. The van der Waals surface area contributed by atoms with Crippen LogP contribution in [0.2, 0.25) is 4.34 Å². The van der Waals surface area contributed by atoms with Gasteiger partial charge in [-0.3, -0.25) is 0 Å². The van der Waals surface area contributed by atoms with Gasteiger partial charge in [0, 0.05) is 27.5 Å². The normalized spacial score (nSPS) is 14.8. The van der Waals surface area contributed by atoms with E-state index < -0.39 is 0 Å². The number of thiophene rings is 1. The number of halogens is 2. The Morgan fingerprint density at radius 2 is 2.24 bits per heavy atom. The number of fused-ring (bicyclic) bond motifs is 1. The lowest BCUT2D eigenvalue weighted by Crippen LogP contribution is -1.96. The lowest BCUT2D eigenvalue weighted by molar-refractivity contribution is 0.533. The van der Waals surface area contributed by atoms with Gasteiger partial charge in [0.15, 0.2) is 11.5 Å². The first-order valence-electron chi connectivity index (χ1n) is 6.77. The third kappa shape index (κ3) is 2.82. The number of hydrogen-bond donors (Lipinski definition) is 1. The highest BCUT2D eigenvalue weighted by atomic mass is 79.9. The molecule has 21 heavy (non-hydrogen) atoms. The molecule has 1 fully saturated rings. The topological polar surface area (TPSA) is 38.1 Å². The molecule has 1 aromatic carbocycles. The first-order valence-corrected chi connectivity index (χ1v) is 8.76. The largest absolute Gasteiger partial charge is 0.440 e. The second-order valence-electron chi connectivity index (χ2n) is 5.20. The van der Waals surface area contributed by atoms with Crippen molar-refractivity contribution in [3.8, 4) is 0 Å². The molecule has 0 spiro atoms. The van der Waals surface area contributed by atoms with E-state index in [1.807, 2.05) is 24.3 Å². The van der Waals surface area contributed by atoms with Crippen LogP contribution in [0.3, 0.4) is 0 Å². The molecular weight excluding hydrogens is 372 g/mol. The molecule has 1 saturated carbocycles. The Bertz CT molecular complexity index is 790. The molecule has 4 rings (SSSR count). The lowest BCUT2D eigenvalue weighted by Gasteiger charge is -2.03. The van der Waals surface area contributed by atoms with Crippen LogP contribution in [0.15, 0.2) is 33.2 Å². The van der Waals surface area contributed by atoms with Gasteiger partial charge in [-0.2, -0.15) is 0 Å². The first-order chi connectivity index (χ1) is 10.2. The number of anilines is 1. The minimum absolute atomic E-state index is 0.541. The minimum atomic E-state index is 0.541. The smallest absolute Gasteiger partial charge is 0.198 e. The van der Waals surface area contributed by atoms with Gasteiger partial charge in [-0.25, -0.2) is 4.98 Å². The maximum atomic E-state index is 6.05. The van der Waals surface area contributed by atoms with Crippen molar-refractivity contribution in [2.45, 2.75) is 25.3 Å². The number of nitrogens with zero attached hydrogens (tertiary/aromatic N) is 1. The number of aromatic nitrogens is 1. The Labute approximate surface area is 139 Å². The highest BCUT2D eigenvalue weighted by molar-refractivity contribution is 9.10. The van der Waals surface area contributed by atoms with Crippen LogP contribution in [0.25, 0.3) is 11.1 Å². The fourth-order valence-electron chi connectivity index (χ4n) is 2.23. The van der Waals surface area contributed by atoms with E-state index in [0.29, 0.717) is 5.92 Å². The van der Waals surface area contributed by atoms with Crippen LogP contribution in [0.1, 0.15) is 29.5 Å². The summed E-state index contributed by atoms with van der Waals surface area (Å²) in [5.41, 5.74) is 2.83. The van der Waals surface area contributed by atoms with E-state index >= 15 is 0 Å². The number of oxazole rings is 1. The van der Waals surface area contributed by atoms with Crippen LogP contribution in [0, 0.1) is 0 Å². The molecule has 0 radical (unpaired) electrons. The van der Waals surface area contributed by atoms with Crippen LogP contribution in [0.5, 0.6) is 0 Å². The van der Waals surface area contributed by atoms with Gasteiger partial charge in [0.2, 0.25) is 0 Å². The molecule has 1 N–H and O–H groups in total. The van der Waals surface area contributed by atoms with Crippen LogP contribution < -0.4 is 5.32 Å². The Morgan fingerprint density at radius 3 is 2.95 bits per heavy atom. The quantitative estimate of drug-likeness (QED) is 0.619. The maximum absolute atomic E-state index is 6.05. The fraction of sp³-hybridized carbons (Fsp3) is 0.267. The average Bonchev–Trinajstić information content (AvgIpc) is 3.16. The van der Waals surface area contributed by atoms with Crippen molar-refractivity contribution in [1.82, 2.24) is 4.98 Å². The third-order valence-electron chi connectivity index (χ3n) is 3.49. The fourth-order valence-corrected chi connectivity index (χ4v) is 3.96. The molecule has 2 aromatic heterocycles. The zero-order valence-corrected chi connectivity index (χ0v) is 14.2. The minimum Gasteiger partial charge on any atom is -0.440 e. The van der Waals surface area contributed by atoms with Crippen LogP contribution in [-0.4, -0.2) is 4.98 Å². The highest BCUT2D eigenvalue weighted by Crippen LogP contribution is 2.40. The van der Waals surface area contributed by atoms with E-state index in [1.54, 1.807) is 11.3 Å². The van der Waals surface area contributed by atoms with Crippen molar-refractivity contribution in [1.29, 1.82) is 0 Å². The molecule has 0 unspecified atom stereocenters. The summed E-state index contributed by atoms with van der Waals surface area (Å²) in [7, 11) is 0. The summed E-state index contributed by atoms with van der Waals surface area (Å²) in [4.78, 5) is 5.76. The Kier molecular flexibility index (Phi) is 3.44. The van der Waals surface area contributed by atoms with Crippen LogP contribution in [0.4, 0.5) is 5.69 Å². The van der Waals surface area contributed by atoms with E-state index in [1.165, 1.54) is 17.7 Å². The Balaban J connectivity index is 1.53. The number of hydrogen-bond acceptors (Lipinski definition) is 4. The molecule has 3 nitrogen and oxygen atoms in total. The van der Waals surface area contributed by atoms with E-state index in [0.717, 1.165) is 38.0 Å². The van der Waals surface area contributed by atoms with Gasteiger partial charge in [0.1, 0.15) is 9.85 Å². The third-order valence-corrected chi connectivity index (χ3v) is 5.97. The van der Waals surface area contributed by atoms with E-state index in [4.69, 9.17) is 16.0 Å². The molecule has 0 bridgehead atoms. The molecule has 6 heteroatoms. The standard InChI is InChI=1S/C15H12BrClN2OS/c16-11-6-10(21-14(11)17)7-18-9-3-4-13-12(5-9)19-15(20-13)8-1-2-8/h3-6,8,18H,1-2,7H2. The van der Waals surface area contributed by atoms with Gasteiger partial charge < -0.3 is 9.73 Å². The summed E-state index contributed by atoms with van der Waals surface area (Å²) in [5, 5.41) is 3.40. The second-order valence-corrected chi connectivity index (χ2v) is 7.79. The van der Waals surface area contributed by atoms with Gasteiger partial charge in [-0.05, 0) is 53.0 Å². The Morgan fingerprint density at radius 1 is 1.38 bits per heavy atom. The molecule has 108 valence electrons. The van der Waals surface area contributed by atoms with Gasteiger partial charge in [-0.1, -0.05) is 11.6 Å².